The lowest BCUT2D eigenvalue weighted by Gasteiger charge is -2.11. The molecule has 0 atom stereocenters. The molecule has 0 aromatic heterocycles. The molecule has 0 aliphatic heterocycles. The maximum atomic E-state index is 12.7. The SMILES string of the molecule is CCCCCCCC(=O)c1ccc(OC(=O)OC2CC2)c(C(=O)OOC(=O)c2ccccc2)c1. The highest BCUT2D eigenvalue weighted by molar-refractivity contribution is 6.01. The van der Waals surface area contributed by atoms with E-state index in [0.717, 1.165) is 44.9 Å². The maximum absolute atomic E-state index is 12.7. The van der Waals surface area contributed by atoms with Gasteiger partial charge in [0, 0.05) is 12.0 Å². The van der Waals surface area contributed by atoms with Gasteiger partial charge in [0.15, 0.2) is 5.78 Å². The average molecular weight is 469 g/mol. The van der Waals surface area contributed by atoms with Crippen molar-refractivity contribution in [2.45, 2.75) is 64.4 Å². The van der Waals surface area contributed by atoms with E-state index < -0.39 is 18.1 Å². The Hall–Kier alpha value is -3.68. The third-order valence-electron chi connectivity index (χ3n) is 5.21. The second-order valence-corrected chi connectivity index (χ2v) is 8.08. The van der Waals surface area contributed by atoms with Gasteiger partial charge in [-0.2, -0.15) is 0 Å². The van der Waals surface area contributed by atoms with Gasteiger partial charge in [-0.3, -0.25) is 4.79 Å². The summed E-state index contributed by atoms with van der Waals surface area (Å²) in [6, 6.07) is 12.1. The molecule has 1 saturated carbocycles. The lowest BCUT2D eigenvalue weighted by atomic mass is 10.0. The van der Waals surface area contributed by atoms with Gasteiger partial charge in [-0.1, -0.05) is 50.8 Å². The van der Waals surface area contributed by atoms with Crippen LogP contribution >= 0.6 is 0 Å². The van der Waals surface area contributed by atoms with E-state index in [2.05, 4.69) is 16.7 Å². The van der Waals surface area contributed by atoms with Crippen LogP contribution in [0.2, 0.25) is 0 Å². The molecule has 0 heterocycles. The molecule has 0 bridgehead atoms. The molecule has 180 valence electrons. The Bertz CT molecular complexity index is 1010. The Balaban J connectivity index is 1.69. The van der Waals surface area contributed by atoms with Gasteiger partial charge in [-0.05, 0) is 49.6 Å². The molecule has 0 spiro atoms. The van der Waals surface area contributed by atoms with E-state index in [4.69, 9.17) is 9.47 Å². The van der Waals surface area contributed by atoms with Crippen LogP contribution in [0, 0.1) is 0 Å². The maximum Gasteiger partial charge on any atom is 0.514 e. The molecule has 1 aliphatic carbocycles. The summed E-state index contributed by atoms with van der Waals surface area (Å²) in [7, 11) is 0. The summed E-state index contributed by atoms with van der Waals surface area (Å²) in [4.78, 5) is 58.7. The van der Waals surface area contributed by atoms with Crippen molar-refractivity contribution < 1.29 is 38.4 Å². The number of carbonyl (C=O) groups is 4. The molecule has 8 nitrogen and oxygen atoms in total. The smallest absolute Gasteiger partial charge is 0.431 e. The third-order valence-corrected chi connectivity index (χ3v) is 5.21. The molecule has 0 N–H and O–H groups in total. The number of unbranched alkanes of at least 4 members (excludes halogenated alkanes) is 4. The van der Waals surface area contributed by atoms with E-state index >= 15 is 0 Å². The van der Waals surface area contributed by atoms with Crippen LogP contribution in [-0.2, 0) is 14.5 Å². The standard InChI is InChI=1S/C26H28O8/c1-2-3-4-5-9-12-22(27)19-13-16-23(32-26(30)31-20-14-15-20)21(17-19)25(29)34-33-24(28)18-10-7-6-8-11-18/h6-8,10-11,13,16-17,20H,2-5,9,12,14-15H2,1H3. The number of ether oxygens (including phenoxy) is 2. The molecule has 0 amide bonds. The first-order chi connectivity index (χ1) is 16.5. The van der Waals surface area contributed by atoms with Crippen molar-refractivity contribution in [3.8, 4) is 5.75 Å². The molecule has 1 fully saturated rings. The lowest BCUT2D eigenvalue weighted by molar-refractivity contribution is -0.187. The molecule has 0 saturated heterocycles. The fourth-order valence-electron chi connectivity index (χ4n) is 3.16. The highest BCUT2D eigenvalue weighted by atomic mass is 17.2. The molecular formula is C26H28O8. The van der Waals surface area contributed by atoms with Crippen molar-refractivity contribution in [2.24, 2.45) is 0 Å². The van der Waals surface area contributed by atoms with Gasteiger partial charge in [0.1, 0.15) is 17.4 Å². The fraction of sp³-hybridized carbons (Fsp3) is 0.385. The molecule has 34 heavy (non-hydrogen) atoms. The molecule has 0 radical (unpaired) electrons. The molecule has 2 aromatic rings. The van der Waals surface area contributed by atoms with Crippen LogP contribution in [0.25, 0.3) is 0 Å². The normalized spacial score (nSPS) is 12.5. The monoisotopic (exact) mass is 468 g/mol. The largest absolute Gasteiger partial charge is 0.514 e. The van der Waals surface area contributed by atoms with Crippen molar-refractivity contribution in [2.75, 3.05) is 0 Å². The van der Waals surface area contributed by atoms with E-state index in [9.17, 15) is 19.2 Å². The summed E-state index contributed by atoms with van der Waals surface area (Å²) >= 11 is 0. The molecular weight excluding hydrogens is 440 g/mol. The molecule has 0 unspecified atom stereocenters. The van der Waals surface area contributed by atoms with Gasteiger partial charge in [-0.15, -0.1) is 0 Å². The Morgan fingerprint density at radius 3 is 2.24 bits per heavy atom. The van der Waals surface area contributed by atoms with Crippen LogP contribution in [0.1, 0.15) is 89.4 Å². The first-order valence-electron chi connectivity index (χ1n) is 11.5. The van der Waals surface area contributed by atoms with E-state index in [1.54, 1.807) is 18.2 Å². The Morgan fingerprint density at radius 2 is 1.53 bits per heavy atom. The Labute approximate surface area is 198 Å². The highest BCUT2D eigenvalue weighted by Crippen LogP contribution is 2.27. The predicted molar refractivity (Wildman–Crippen MR) is 122 cm³/mol. The lowest BCUT2D eigenvalue weighted by Crippen LogP contribution is -2.17. The number of hydrogen-bond donors (Lipinski definition) is 0. The first kappa shape index (κ1) is 25.0. The van der Waals surface area contributed by atoms with Gasteiger partial charge in [-0.25, -0.2) is 24.2 Å². The minimum absolute atomic E-state index is 0.154. The van der Waals surface area contributed by atoms with Crippen molar-refractivity contribution in [1.29, 1.82) is 0 Å². The number of carbonyl (C=O) groups excluding carboxylic acids is 4. The summed E-state index contributed by atoms with van der Waals surface area (Å²) in [6.07, 6.45) is 5.65. The van der Waals surface area contributed by atoms with Gasteiger partial charge in [0.05, 0.1) is 5.56 Å². The van der Waals surface area contributed by atoms with Crippen LogP contribution in [0.3, 0.4) is 0 Å². The van der Waals surface area contributed by atoms with Crippen LogP contribution in [0.4, 0.5) is 4.79 Å². The Kier molecular flexibility index (Phi) is 9.20. The molecule has 2 aromatic carbocycles. The Morgan fingerprint density at radius 1 is 0.824 bits per heavy atom. The van der Waals surface area contributed by atoms with Crippen molar-refractivity contribution in [3.63, 3.8) is 0 Å². The molecule has 1 aliphatic rings. The van der Waals surface area contributed by atoms with Crippen molar-refractivity contribution in [3.05, 3.63) is 65.2 Å². The van der Waals surface area contributed by atoms with Crippen LogP contribution in [-0.4, -0.2) is 30.0 Å². The number of ketones is 1. The van der Waals surface area contributed by atoms with E-state index in [-0.39, 0.29) is 34.3 Å². The average Bonchev–Trinajstić information content (AvgIpc) is 3.66. The van der Waals surface area contributed by atoms with Crippen LogP contribution in [0.15, 0.2) is 48.5 Å². The molecule has 3 rings (SSSR count). The van der Waals surface area contributed by atoms with E-state index in [1.165, 1.54) is 30.3 Å². The van der Waals surface area contributed by atoms with Gasteiger partial charge >= 0.3 is 18.1 Å². The molecule has 8 heteroatoms. The second kappa shape index (κ2) is 12.5. The van der Waals surface area contributed by atoms with Crippen molar-refractivity contribution in [1.82, 2.24) is 0 Å². The zero-order chi connectivity index (χ0) is 24.3. The first-order valence-corrected chi connectivity index (χ1v) is 11.5. The van der Waals surface area contributed by atoms with E-state index in [0.29, 0.717) is 6.42 Å². The summed E-state index contributed by atoms with van der Waals surface area (Å²) in [5.41, 5.74) is 0.219. The quantitative estimate of drug-likeness (QED) is 0.101. The topological polar surface area (TPSA) is 105 Å². The van der Waals surface area contributed by atoms with Crippen LogP contribution < -0.4 is 4.74 Å². The summed E-state index contributed by atoms with van der Waals surface area (Å²) in [5, 5.41) is 0. The van der Waals surface area contributed by atoms with E-state index in [1.807, 2.05) is 0 Å². The zero-order valence-corrected chi connectivity index (χ0v) is 19.1. The highest BCUT2D eigenvalue weighted by Gasteiger charge is 2.28. The zero-order valence-electron chi connectivity index (χ0n) is 19.1. The van der Waals surface area contributed by atoms with Gasteiger partial charge in [0.2, 0.25) is 0 Å². The van der Waals surface area contributed by atoms with Crippen molar-refractivity contribution >= 4 is 23.9 Å². The van der Waals surface area contributed by atoms with Gasteiger partial charge in [0.25, 0.3) is 0 Å². The third kappa shape index (κ3) is 7.72. The number of benzene rings is 2. The van der Waals surface area contributed by atoms with Crippen LogP contribution in [0.5, 0.6) is 5.75 Å². The summed E-state index contributed by atoms with van der Waals surface area (Å²) in [6.45, 7) is 2.12. The number of hydrogen-bond acceptors (Lipinski definition) is 8. The second-order valence-electron chi connectivity index (χ2n) is 8.08. The summed E-state index contributed by atoms with van der Waals surface area (Å²) in [5.74, 6) is -2.27. The summed E-state index contributed by atoms with van der Waals surface area (Å²) < 4.78 is 10.2. The predicted octanol–water partition coefficient (Wildman–Crippen LogP) is 5.84. The number of Topliss-reactive ketones (excluding diaryl/α,β-unsaturated/α-hetero) is 1. The van der Waals surface area contributed by atoms with Gasteiger partial charge < -0.3 is 9.47 Å². The fourth-order valence-corrected chi connectivity index (χ4v) is 3.16. The number of rotatable bonds is 11. The minimum atomic E-state index is -1.09. The minimum Gasteiger partial charge on any atom is -0.431 e.